The van der Waals surface area contributed by atoms with E-state index in [0.29, 0.717) is 0 Å². The number of halogens is 1. The molecule has 1 atom stereocenters. The van der Waals surface area contributed by atoms with Crippen LogP contribution in [0.25, 0.3) is 0 Å². The highest BCUT2D eigenvalue weighted by atomic mass is 79.9. The first kappa shape index (κ1) is 16.2. The fraction of sp³-hybridized carbons (Fsp3) is 0.250. The smallest absolute Gasteiger partial charge is 0.371 e. The van der Waals surface area contributed by atoms with E-state index in [1.807, 2.05) is 17.5 Å². The Morgan fingerprint density at radius 3 is 2.67 bits per heavy atom. The zero-order valence-corrected chi connectivity index (χ0v) is 14.3. The molecule has 0 saturated carbocycles. The van der Waals surface area contributed by atoms with Crippen LogP contribution in [0.4, 0.5) is 0 Å². The number of rotatable bonds is 5. The third kappa shape index (κ3) is 3.05. The highest BCUT2D eigenvalue weighted by Gasteiger charge is 2.32. The second-order valence-corrected chi connectivity index (χ2v) is 7.93. The highest BCUT2D eigenvalue weighted by molar-refractivity contribution is 9.10. The van der Waals surface area contributed by atoms with E-state index < -0.39 is 21.8 Å². The molecule has 2 aromatic heterocycles. The third-order valence-electron chi connectivity index (χ3n) is 3.02. The van der Waals surface area contributed by atoms with Crippen LogP contribution in [0, 0.1) is 0 Å². The highest BCUT2D eigenvalue weighted by Crippen LogP contribution is 2.33. The Bertz CT molecular complexity index is 751. The van der Waals surface area contributed by atoms with Gasteiger partial charge in [0, 0.05) is 18.0 Å². The maximum atomic E-state index is 12.6. The van der Waals surface area contributed by atoms with Gasteiger partial charge in [0.15, 0.2) is 4.67 Å². The normalized spacial score (nSPS) is 13.5. The van der Waals surface area contributed by atoms with Gasteiger partial charge in [0.2, 0.25) is 15.8 Å². The van der Waals surface area contributed by atoms with Gasteiger partial charge in [0.05, 0.1) is 6.04 Å². The van der Waals surface area contributed by atoms with E-state index in [4.69, 9.17) is 9.52 Å². The zero-order valence-electron chi connectivity index (χ0n) is 11.1. The molecule has 0 amide bonds. The number of hydrogen-bond acceptors (Lipinski definition) is 5. The number of thiophene rings is 1. The van der Waals surface area contributed by atoms with Gasteiger partial charge in [-0.1, -0.05) is 6.07 Å². The van der Waals surface area contributed by atoms with Gasteiger partial charge in [0.1, 0.15) is 4.90 Å². The minimum Gasteiger partial charge on any atom is -0.475 e. The zero-order chi connectivity index (χ0) is 15.8. The molecule has 0 radical (unpaired) electrons. The molecule has 0 saturated heterocycles. The number of aromatic carboxylic acids is 1. The first-order chi connectivity index (χ1) is 9.75. The van der Waals surface area contributed by atoms with Crippen molar-refractivity contribution in [3.8, 4) is 0 Å². The van der Waals surface area contributed by atoms with Gasteiger partial charge in [-0.2, -0.15) is 4.31 Å². The number of carbonyl (C=O) groups is 1. The van der Waals surface area contributed by atoms with Gasteiger partial charge in [-0.3, -0.25) is 0 Å². The summed E-state index contributed by atoms with van der Waals surface area (Å²) in [7, 11) is -2.43. The predicted molar refractivity (Wildman–Crippen MR) is 81.1 cm³/mol. The van der Waals surface area contributed by atoms with Gasteiger partial charge >= 0.3 is 5.97 Å². The average molecular weight is 394 g/mol. The van der Waals surface area contributed by atoms with Crippen molar-refractivity contribution >= 4 is 43.3 Å². The summed E-state index contributed by atoms with van der Waals surface area (Å²) in [5.41, 5.74) is 0. The van der Waals surface area contributed by atoms with Crippen molar-refractivity contribution in [3.05, 3.63) is 38.9 Å². The van der Waals surface area contributed by atoms with Crippen LogP contribution in [0.5, 0.6) is 0 Å². The van der Waals surface area contributed by atoms with Crippen molar-refractivity contribution in [2.75, 3.05) is 7.05 Å². The van der Waals surface area contributed by atoms with Crippen molar-refractivity contribution < 1.29 is 22.7 Å². The molecule has 2 aromatic rings. The summed E-state index contributed by atoms with van der Waals surface area (Å²) in [5.74, 6) is -1.76. The molecule has 114 valence electrons. The quantitative estimate of drug-likeness (QED) is 0.842. The molecule has 0 spiro atoms. The van der Waals surface area contributed by atoms with E-state index in [0.717, 1.165) is 10.9 Å². The lowest BCUT2D eigenvalue weighted by Gasteiger charge is -2.22. The SMILES string of the molecule is CC(c1cccs1)N(C)S(=O)(=O)c1cc(C(=O)O)oc1Br. The number of furan rings is 1. The lowest BCUT2D eigenvalue weighted by atomic mass is 10.3. The first-order valence-corrected chi connectivity index (χ1v) is 8.90. The molecule has 0 aliphatic carbocycles. The maximum absolute atomic E-state index is 12.6. The third-order valence-corrected chi connectivity index (χ3v) is 6.85. The Labute approximate surface area is 134 Å². The minimum absolute atomic E-state index is 0.120. The standard InChI is InChI=1S/C12H12BrNO5S2/c1-7(9-4-3-5-20-9)14(2)21(17,18)10-6-8(12(15)16)19-11(10)13/h3-7H,1-2H3,(H,15,16). The summed E-state index contributed by atoms with van der Waals surface area (Å²) in [5, 5.41) is 10.7. The molecule has 1 N–H and O–H groups in total. The molecule has 9 heteroatoms. The van der Waals surface area contributed by atoms with E-state index in [1.54, 1.807) is 6.92 Å². The van der Waals surface area contributed by atoms with Crippen LogP contribution in [-0.2, 0) is 10.0 Å². The molecule has 0 aliphatic heterocycles. The van der Waals surface area contributed by atoms with Crippen LogP contribution in [0.2, 0.25) is 0 Å². The van der Waals surface area contributed by atoms with Gasteiger partial charge in [0.25, 0.3) is 0 Å². The van der Waals surface area contributed by atoms with Gasteiger partial charge in [-0.15, -0.1) is 11.3 Å². The van der Waals surface area contributed by atoms with E-state index in [-0.39, 0.29) is 15.6 Å². The van der Waals surface area contributed by atoms with E-state index in [1.165, 1.54) is 22.7 Å². The molecule has 0 aromatic carbocycles. The van der Waals surface area contributed by atoms with E-state index in [2.05, 4.69) is 15.9 Å². The number of sulfonamides is 1. The summed E-state index contributed by atoms with van der Waals surface area (Å²) < 4.78 is 31.1. The van der Waals surface area contributed by atoms with Crippen molar-refractivity contribution in [1.29, 1.82) is 0 Å². The summed E-state index contributed by atoms with van der Waals surface area (Å²) in [6.45, 7) is 1.76. The molecule has 0 fully saturated rings. The molecule has 2 rings (SSSR count). The number of hydrogen-bond donors (Lipinski definition) is 1. The Morgan fingerprint density at radius 1 is 1.52 bits per heavy atom. The Balaban J connectivity index is 2.40. The Hall–Kier alpha value is -1.16. The number of nitrogens with zero attached hydrogens (tertiary/aromatic N) is 1. The molecule has 1 unspecified atom stereocenters. The largest absolute Gasteiger partial charge is 0.475 e. The monoisotopic (exact) mass is 393 g/mol. The number of carboxylic acids is 1. The fourth-order valence-corrected chi connectivity index (χ4v) is 4.84. The van der Waals surface area contributed by atoms with Crippen molar-refractivity contribution in [3.63, 3.8) is 0 Å². The van der Waals surface area contributed by atoms with Crippen molar-refractivity contribution in [1.82, 2.24) is 4.31 Å². The van der Waals surface area contributed by atoms with Crippen LogP contribution >= 0.6 is 27.3 Å². The lowest BCUT2D eigenvalue weighted by molar-refractivity contribution is 0.0661. The second kappa shape index (κ2) is 5.91. The summed E-state index contributed by atoms with van der Waals surface area (Å²) >= 11 is 4.40. The summed E-state index contributed by atoms with van der Waals surface area (Å²) in [4.78, 5) is 11.5. The molecule has 21 heavy (non-hydrogen) atoms. The van der Waals surface area contributed by atoms with Crippen LogP contribution < -0.4 is 0 Å². The Morgan fingerprint density at radius 2 is 2.19 bits per heavy atom. The second-order valence-electron chi connectivity index (χ2n) is 4.27. The van der Waals surface area contributed by atoms with Crippen LogP contribution in [-0.4, -0.2) is 30.8 Å². The van der Waals surface area contributed by atoms with Crippen LogP contribution in [0.15, 0.2) is 37.6 Å². The molecule has 2 heterocycles. The van der Waals surface area contributed by atoms with Crippen LogP contribution in [0.3, 0.4) is 0 Å². The lowest BCUT2D eigenvalue weighted by Crippen LogP contribution is -2.29. The molecular weight excluding hydrogens is 382 g/mol. The van der Waals surface area contributed by atoms with Crippen LogP contribution in [0.1, 0.15) is 28.4 Å². The molecule has 0 aliphatic rings. The maximum Gasteiger partial charge on any atom is 0.371 e. The number of carboxylic acid groups (broad SMARTS) is 1. The summed E-state index contributed by atoms with van der Waals surface area (Å²) in [6.07, 6.45) is 0. The first-order valence-electron chi connectivity index (χ1n) is 5.79. The van der Waals surface area contributed by atoms with Gasteiger partial charge in [-0.05, 0) is 34.3 Å². The topological polar surface area (TPSA) is 87.8 Å². The molecular formula is C12H12BrNO5S2. The molecule has 0 bridgehead atoms. The summed E-state index contributed by atoms with van der Waals surface area (Å²) in [6, 6.07) is 4.31. The van der Waals surface area contributed by atoms with E-state index in [9.17, 15) is 13.2 Å². The van der Waals surface area contributed by atoms with Gasteiger partial charge < -0.3 is 9.52 Å². The minimum atomic E-state index is -3.87. The predicted octanol–water partition coefficient (Wildman–Crippen LogP) is 3.18. The van der Waals surface area contributed by atoms with Crippen molar-refractivity contribution in [2.24, 2.45) is 0 Å². The average Bonchev–Trinajstić information content (AvgIpc) is 3.05. The van der Waals surface area contributed by atoms with Gasteiger partial charge in [-0.25, -0.2) is 13.2 Å². The van der Waals surface area contributed by atoms with E-state index >= 15 is 0 Å². The molecule has 6 nitrogen and oxygen atoms in total. The Kier molecular flexibility index (Phi) is 4.57. The fourth-order valence-electron chi connectivity index (χ4n) is 1.70. The van der Waals surface area contributed by atoms with Crippen molar-refractivity contribution in [2.45, 2.75) is 17.9 Å².